The molecule has 0 amide bonds. The molecule has 0 N–H and O–H groups in total. The van der Waals surface area contributed by atoms with Crippen molar-refractivity contribution in [3.8, 4) is 0 Å². The van der Waals surface area contributed by atoms with Gasteiger partial charge in [0.25, 0.3) is 5.54 Å². The number of nitrogens with zero attached hydrogens (tertiary/aromatic N) is 1. The smallest absolute Gasteiger partial charge is 0.383 e. The number of carbonyl (C=O) groups excluding carboxylic acids is 1. The summed E-state index contributed by atoms with van der Waals surface area (Å²) >= 11 is 0. The van der Waals surface area contributed by atoms with Crippen LogP contribution in [0.2, 0.25) is 0 Å². The van der Waals surface area contributed by atoms with Crippen LogP contribution in [0.5, 0.6) is 0 Å². The van der Waals surface area contributed by atoms with Crippen LogP contribution in [0, 0.1) is 0 Å². The summed E-state index contributed by atoms with van der Waals surface area (Å²) in [6, 6.07) is 18.3. The van der Waals surface area contributed by atoms with Gasteiger partial charge in [-0.3, -0.25) is 0 Å². The molecule has 7 rings (SSSR count). The molecule has 30 heavy (non-hydrogen) atoms. The van der Waals surface area contributed by atoms with Crippen LogP contribution in [0.15, 0.2) is 94.7 Å². The lowest BCUT2D eigenvalue weighted by Gasteiger charge is -2.52. The first-order valence-corrected chi connectivity index (χ1v) is 9.98. The largest absolute Gasteiger partial charge is 0.472 e. The van der Waals surface area contributed by atoms with E-state index in [0.717, 1.165) is 27.9 Å². The van der Waals surface area contributed by atoms with Crippen LogP contribution in [0.1, 0.15) is 40.3 Å². The average molecular weight is 398 g/mol. The molecule has 5 heteroatoms. The number of hydrogen-bond acceptors (Lipinski definition) is 4. The molecule has 0 spiro atoms. The molecule has 0 fully saturated rings. The molecule has 0 saturated carbocycles. The highest BCUT2D eigenvalue weighted by Gasteiger charge is 2.70. The molecule has 2 aliphatic heterocycles. The van der Waals surface area contributed by atoms with E-state index in [9.17, 15) is 4.79 Å². The van der Waals surface area contributed by atoms with E-state index in [0.29, 0.717) is 6.42 Å². The number of esters is 1. The second kappa shape index (κ2) is 5.95. The Kier molecular flexibility index (Phi) is 3.43. The molecule has 0 unspecified atom stereocenters. The lowest BCUT2D eigenvalue weighted by molar-refractivity contribution is -0.759. The minimum atomic E-state index is -0.995. The third-order valence-electron chi connectivity index (χ3n) is 6.94. The fourth-order valence-electron chi connectivity index (χ4n) is 5.85. The zero-order valence-corrected chi connectivity index (χ0v) is 16.4. The maximum absolute atomic E-state index is 13.6. The molecule has 0 radical (unpaired) electrons. The number of rotatable bonds is 3. The monoisotopic (exact) mass is 398 g/mol. The summed E-state index contributed by atoms with van der Waals surface area (Å²) in [4.78, 5) is 13.6. The van der Waals surface area contributed by atoms with Crippen molar-refractivity contribution >= 4 is 5.97 Å². The lowest BCUT2D eigenvalue weighted by Crippen LogP contribution is -2.74. The van der Waals surface area contributed by atoms with Crippen molar-refractivity contribution in [3.63, 3.8) is 0 Å². The van der Waals surface area contributed by atoms with E-state index < -0.39 is 11.0 Å². The number of carbonyl (C=O) groups is 1. The van der Waals surface area contributed by atoms with Gasteiger partial charge >= 0.3 is 5.97 Å². The Morgan fingerprint density at radius 2 is 1.70 bits per heavy atom. The Morgan fingerprint density at radius 3 is 2.37 bits per heavy atom. The number of ether oxygens (including phenoxy) is 1. The lowest BCUT2D eigenvalue weighted by atomic mass is 9.50. The standard InChI is InChI=1S/C25H20NO4/c1-28-23(27)25-16-24(17-9-12-29-14-17,18-10-13-30-15-18)22(19-6-2-3-7-20(19)25)21-8-4-5-11-26(21)25/h2-15,22H,16H2,1H3/q+1/t22-,25+/m0/s1. The van der Waals surface area contributed by atoms with E-state index in [-0.39, 0.29) is 11.9 Å². The fraction of sp³-hybridized carbons (Fsp3) is 0.200. The van der Waals surface area contributed by atoms with E-state index in [2.05, 4.69) is 22.8 Å². The number of methoxy groups -OCH3 is 1. The van der Waals surface area contributed by atoms with Gasteiger partial charge in [-0.1, -0.05) is 30.3 Å². The molecule has 4 aromatic rings. The van der Waals surface area contributed by atoms with E-state index >= 15 is 0 Å². The summed E-state index contributed by atoms with van der Waals surface area (Å²) in [6.45, 7) is 0. The maximum Gasteiger partial charge on any atom is 0.383 e. The fourth-order valence-corrected chi connectivity index (χ4v) is 5.85. The van der Waals surface area contributed by atoms with Gasteiger partial charge in [-0.2, -0.15) is 4.57 Å². The van der Waals surface area contributed by atoms with Crippen molar-refractivity contribution in [2.24, 2.45) is 0 Å². The van der Waals surface area contributed by atoms with E-state index in [1.807, 2.05) is 42.6 Å². The molecule has 2 atom stereocenters. The topological polar surface area (TPSA) is 56.5 Å². The van der Waals surface area contributed by atoms with Crippen molar-refractivity contribution in [2.45, 2.75) is 23.3 Å². The van der Waals surface area contributed by atoms with Crippen LogP contribution in [0.3, 0.4) is 0 Å². The van der Waals surface area contributed by atoms with Crippen LogP contribution < -0.4 is 4.57 Å². The highest BCUT2D eigenvalue weighted by atomic mass is 16.5. The number of fused-ring (bicyclic) bond motifs is 1. The highest BCUT2D eigenvalue weighted by Crippen LogP contribution is 2.61. The second-order valence-corrected chi connectivity index (χ2v) is 8.04. The SMILES string of the molecule is COC(=O)[C@@]12CC(c3ccoc3)(c3ccoc3)[C@@H](c3ccccc31)c1cccc[n+]12. The first kappa shape index (κ1) is 17.3. The van der Waals surface area contributed by atoms with Crippen molar-refractivity contribution in [3.05, 3.63) is 114 Å². The summed E-state index contributed by atoms with van der Waals surface area (Å²) in [5, 5.41) is 0. The Hall–Kier alpha value is -3.60. The van der Waals surface area contributed by atoms with E-state index in [4.69, 9.17) is 13.6 Å². The molecule has 5 heterocycles. The Bertz CT molecular complexity index is 1160. The van der Waals surface area contributed by atoms with Gasteiger partial charge in [0.2, 0.25) is 0 Å². The van der Waals surface area contributed by atoms with Crippen molar-refractivity contribution < 1.29 is 22.9 Å². The predicted molar refractivity (Wildman–Crippen MR) is 107 cm³/mol. The normalized spacial score (nSPS) is 22.9. The highest BCUT2D eigenvalue weighted by molar-refractivity contribution is 5.84. The molecular formula is C25H20NO4+. The van der Waals surface area contributed by atoms with Gasteiger partial charge in [-0.05, 0) is 17.7 Å². The first-order chi connectivity index (χ1) is 14.7. The maximum atomic E-state index is 13.6. The quantitative estimate of drug-likeness (QED) is 0.388. The van der Waals surface area contributed by atoms with Gasteiger partial charge in [0.05, 0.1) is 43.5 Å². The van der Waals surface area contributed by atoms with Crippen LogP contribution in [-0.2, 0) is 20.5 Å². The number of pyridine rings is 1. The second-order valence-electron chi connectivity index (χ2n) is 8.04. The average Bonchev–Trinajstić information content (AvgIpc) is 3.53. The summed E-state index contributed by atoms with van der Waals surface area (Å²) < 4.78 is 18.6. The van der Waals surface area contributed by atoms with Gasteiger partial charge in [0, 0.05) is 35.2 Å². The van der Waals surface area contributed by atoms with Gasteiger partial charge in [-0.15, -0.1) is 0 Å². The summed E-state index contributed by atoms with van der Waals surface area (Å²) in [7, 11) is 1.46. The number of furan rings is 2. The minimum absolute atomic E-state index is 0.0170. The zero-order chi connectivity index (χ0) is 20.3. The first-order valence-electron chi connectivity index (χ1n) is 9.98. The van der Waals surface area contributed by atoms with Gasteiger partial charge in [0.15, 0.2) is 11.9 Å². The zero-order valence-electron chi connectivity index (χ0n) is 16.4. The van der Waals surface area contributed by atoms with Crippen molar-refractivity contribution in [1.82, 2.24) is 0 Å². The molecule has 3 aliphatic rings. The number of aromatic nitrogens is 1. The van der Waals surface area contributed by atoms with Gasteiger partial charge in [0.1, 0.15) is 0 Å². The number of hydrogen-bond donors (Lipinski definition) is 0. The summed E-state index contributed by atoms with van der Waals surface area (Å²) in [5.74, 6) is -0.293. The summed E-state index contributed by atoms with van der Waals surface area (Å²) in [6.07, 6.45) is 9.45. The van der Waals surface area contributed by atoms with Crippen LogP contribution in [-0.4, -0.2) is 13.1 Å². The third kappa shape index (κ3) is 1.88. The molecular weight excluding hydrogens is 378 g/mol. The molecule has 1 aromatic carbocycles. The molecule has 3 aromatic heterocycles. The van der Waals surface area contributed by atoms with E-state index in [1.54, 1.807) is 25.1 Å². The van der Waals surface area contributed by atoms with Gasteiger partial charge < -0.3 is 13.6 Å². The van der Waals surface area contributed by atoms with Crippen LogP contribution in [0.4, 0.5) is 0 Å². The van der Waals surface area contributed by atoms with Crippen molar-refractivity contribution in [2.75, 3.05) is 7.11 Å². The van der Waals surface area contributed by atoms with Crippen molar-refractivity contribution in [1.29, 1.82) is 0 Å². The molecule has 0 saturated heterocycles. The van der Waals surface area contributed by atoms with E-state index in [1.165, 1.54) is 7.11 Å². The summed E-state index contributed by atoms with van der Waals surface area (Å²) in [5.41, 5.74) is 3.69. The van der Waals surface area contributed by atoms with Crippen LogP contribution >= 0.6 is 0 Å². The molecule has 2 bridgehead atoms. The predicted octanol–water partition coefficient (Wildman–Crippen LogP) is 3.91. The number of benzene rings is 1. The Balaban J connectivity index is 1.80. The minimum Gasteiger partial charge on any atom is -0.472 e. The molecule has 148 valence electrons. The van der Waals surface area contributed by atoms with Gasteiger partial charge in [-0.25, -0.2) is 4.79 Å². The Labute approximate surface area is 173 Å². The third-order valence-corrected chi connectivity index (χ3v) is 6.94. The Morgan fingerprint density at radius 1 is 1.00 bits per heavy atom. The van der Waals surface area contributed by atoms with Crippen LogP contribution in [0.25, 0.3) is 0 Å². The molecule has 1 aliphatic carbocycles. The molecule has 5 nitrogen and oxygen atoms in total.